The van der Waals surface area contributed by atoms with Gasteiger partial charge < -0.3 is 24.8 Å². The summed E-state index contributed by atoms with van der Waals surface area (Å²) in [6.07, 6.45) is 0.852. The van der Waals surface area contributed by atoms with Crippen molar-refractivity contribution in [1.82, 2.24) is 15.3 Å². The lowest BCUT2D eigenvalue weighted by Gasteiger charge is -2.09. The maximum atomic E-state index is 12.4. The van der Waals surface area contributed by atoms with Gasteiger partial charge in [-0.1, -0.05) is 6.07 Å². The SMILES string of the molecule is COCCCNc1cc(C(=O)NCc2ccc3c(c2)OCO3)nc(C)n1. The van der Waals surface area contributed by atoms with Crippen molar-refractivity contribution in [3.63, 3.8) is 0 Å². The number of methoxy groups -OCH3 is 1. The van der Waals surface area contributed by atoms with E-state index >= 15 is 0 Å². The first-order chi connectivity index (χ1) is 12.7. The minimum atomic E-state index is -0.256. The Morgan fingerprint density at radius 3 is 2.92 bits per heavy atom. The maximum absolute atomic E-state index is 12.4. The lowest BCUT2D eigenvalue weighted by Crippen LogP contribution is -2.24. The minimum Gasteiger partial charge on any atom is -0.454 e. The second-order valence-corrected chi connectivity index (χ2v) is 5.83. The highest BCUT2D eigenvalue weighted by Crippen LogP contribution is 2.32. The topological polar surface area (TPSA) is 94.6 Å². The van der Waals surface area contributed by atoms with E-state index in [1.807, 2.05) is 18.2 Å². The summed E-state index contributed by atoms with van der Waals surface area (Å²) >= 11 is 0. The minimum absolute atomic E-state index is 0.228. The van der Waals surface area contributed by atoms with E-state index in [0.717, 1.165) is 17.7 Å². The van der Waals surface area contributed by atoms with Gasteiger partial charge in [-0.25, -0.2) is 9.97 Å². The van der Waals surface area contributed by atoms with Crippen molar-refractivity contribution < 1.29 is 19.0 Å². The van der Waals surface area contributed by atoms with Crippen molar-refractivity contribution in [2.45, 2.75) is 19.9 Å². The molecule has 0 fully saturated rings. The summed E-state index contributed by atoms with van der Waals surface area (Å²) in [6.45, 7) is 3.73. The predicted molar refractivity (Wildman–Crippen MR) is 95.5 cm³/mol. The first-order valence-corrected chi connectivity index (χ1v) is 8.41. The Hall–Kier alpha value is -2.87. The quantitative estimate of drug-likeness (QED) is 0.696. The molecule has 0 bridgehead atoms. The van der Waals surface area contributed by atoms with Crippen LogP contribution < -0.4 is 20.1 Å². The van der Waals surface area contributed by atoms with Crippen LogP contribution in [-0.4, -0.2) is 42.9 Å². The van der Waals surface area contributed by atoms with Gasteiger partial charge in [0.2, 0.25) is 6.79 Å². The van der Waals surface area contributed by atoms with Crippen molar-refractivity contribution in [2.75, 3.05) is 32.4 Å². The van der Waals surface area contributed by atoms with E-state index in [9.17, 15) is 4.79 Å². The van der Waals surface area contributed by atoms with Crippen LogP contribution in [0.3, 0.4) is 0 Å². The molecule has 1 aliphatic rings. The zero-order chi connectivity index (χ0) is 18.4. The van der Waals surface area contributed by atoms with E-state index in [1.54, 1.807) is 20.1 Å². The van der Waals surface area contributed by atoms with Gasteiger partial charge in [-0.15, -0.1) is 0 Å². The molecule has 8 nitrogen and oxygen atoms in total. The maximum Gasteiger partial charge on any atom is 0.270 e. The number of ether oxygens (including phenoxy) is 3. The van der Waals surface area contributed by atoms with Crippen LogP contribution >= 0.6 is 0 Å². The van der Waals surface area contributed by atoms with E-state index in [2.05, 4.69) is 20.6 Å². The van der Waals surface area contributed by atoms with Crippen LogP contribution in [0.4, 0.5) is 5.82 Å². The molecule has 8 heteroatoms. The third-order valence-corrected chi connectivity index (χ3v) is 3.79. The highest BCUT2D eigenvalue weighted by molar-refractivity contribution is 5.92. The van der Waals surface area contributed by atoms with Gasteiger partial charge in [0.25, 0.3) is 5.91 Å². The van der Waals surface area contributed by atoms with Crippen LogP contribution in [0.5, 0.6) is 11.5 Å². The summed E-state index contributed by atoms with van der Waals surface area (Å²) in [6, 6.07) is 7.23. The number of anilines is 1. The zero-order valence-electron chi connectivity index (χ0n) is 14.9. The van der Waals surface area contributed by atoms with E-state index in [1.165, 1.54) is 0 Å². The monoisotopic (exact) mass is 358 g/mol. The summed E-state index contributed by atoms with van der Waals surface area (Å²) in [5, 5.41) is 6.04. The second kappa shape index (κ2) is 8.48. The molecule has 2 heterocycles. The van der Waals surface area contributed by atoms with Crippen molar-refractivity contribution in [3.8, 4) is 11.5 Å². The standard InChI is InChI=1S/C18H22N4O4/c1-12-21-14(9-17(22-12)19-6-3-7-24-2)18(23)20-10-13-4-5-15-16(8-13)26-11-25-15/h4-5,8-9H,3,6-7,10-11H2,1-2H3,(H,20,23)(H,19,21,22). The molecule has 1 aliphatic heterocycles. The average Bonchev–Trinajstić information content (AvgIpc) is 3.10. The Bertz CT molecular complexity index is 782. The largest absolute Gasteiger partial charge is 0.454 e. The fraction of sp³-hybridized carbons (Fsp3) is 0.389. The van der Waals surface area contributed by atoms with Gasteiger partial charge in [0.15, 0.2) is 11.5 Å². The Morgan fingerprint density at radius 2 is 2.08 bits per heavy atom. The first-order valence-electron chi connectivity index (χ1n) is 8.41. The van der Waals surface area contributed by atoms with Gasteiger partial charge >= 0.3 is 0 Å². The number of hydrogen-bond acceptors (Lipinski definition) is 7. The number of carbonyl (C=O) groups excluding carboxylic acids is 1. The summed E-state index contributed by atoms with van der Waals surface area (Å²) in [5.41, 5.74) is 1.25. The van der Waals surface area contributed by atoms with Crippen molar-refractivity contribution in [2.24, 2.45) is 0 Å². The molecule has 2 aromatic rings. The molecule has 2 N–H and O–H groups in total. The Balaban J connectivity index is 1.59. The van der Waals surface area contributed by atoms with Crippen molar-refractivity contribution >= 4 is 11.7 Å². The molecule has 1 amide bonds. The van der Waals surface area contributed by atoms with Crippen LogP contribution in [0.15, 0.2) is 24.3 Å². The van der Waals surface area contributed by atoms with Crippen LogP contribution in [0.2, 0.25) is 0 Å². The predicted octanol–water partition coefficient (Wildman–Crippen LogP) is 1.89. The molecular formula is C18H22N4O4. The highest BCUT2D eigenvalue weighted by atomic mass is 16.7. The first kappa shape index (κ1) is 17.9. The summed E-state index contributed by atoms with van der Waals surface area (Å²) < 4.78 is 15.6. The number of hydrogen-bond donors (Lipinski definition) is 2. The molecule has 138 valence electrons. The third kappa shape index (κ3) is 4.60. The molecule has 3 rings (SSSR count). The highest BCUT2D eigenvalue weighted by Gasteiger charge is 2.14. The second-order valence-electron chi connectivity index (χ2n) is 5.83. The molecule has 26 heavy (non-hydrogen) atoms. The molecule has 0 spiro atoms. The summed E-state index contributed by atoms with van der Waals surface area (Å²) in [5.74, 6) is 2.32. The number of fused-ring (bicyclic) bond motifs is 1. The Labute approximate surface area is 151 Å². The molecule has 1 aromatic heterocycles. The van der Waals surface area contributed by atoms with Crippen LogP contribution in [-0.2, 0) is 11.3 Å². The molecule has 0 radical (unpaired) electrons. The van der Waals surface area contributed by atoms with Crippen LogP contribution in [0.1, 0.15) is 28.3 Å². The van der Waals surface area contributed by atoms with Gasteiger partial charge in [-0.2, -0.15) is 0 Å². The van der Waals surface area contributed by atoms with Crippen LogP contribution in [0, 0.1) is 6.92 Å². The smallest absolute Gasteiger partial charge is 0.270 e. The van der Waals surface area contributed by atoms with Gasteiger partial charge in [0.1, 0.15) is 17.3 Å². The third-order valence-electron chi connectivity index (χ3n) is 3.79. The molecule has 1 aromatic carbocycles. The fourth-order valence-electron chi connectivity index (χ4n) is 2.53. The van der Waals surface area contributed by atoms with Crippen molar-refractivity contribution in [3.05, 3.63) is 41.3 Å². The molecular weight excluding hydrogens is 336 g/mol. The average molecular weight is 358 g/mol. The summed E-state index contributed by atoms with van der Waals surface area (Å²) in [7, 11) is 1.66. The van der Waals surface area contributed by atoms with E-state index in [-0.39, 0.29) is 12.7 Å². The lowest BCUT2D eigenvalue weighted by atomic mass is 10.2. The van der Waals surface area contributed by atoms with Crippen LogP contribution in [0.25, 0.3) is 0 Å². The number of benzene rings is 1. The molecule has 0 saturated carbocycles. The normalized spacial score (nSPS) is 12.1. The van der Waals surface area contributed by atoms with E-state index in [0.29, 0.717) is 42.8 Å². The number of nitrogens with zero attached hydrogens (tertiary/aromatic N) is 2. The van der Waals surface area contributed by atoms with Gasteiger partial charge in [0, 0.05) is 32.9 Å². The lowest BCUT2D eigenvalue weighted by molar-refractivity contribution is 0.0945. The molecule has 0 atom stereocenters. The van der Waals surface area contributed by atoms with Gasteiger partial charge in [0.05, 0.1) is 0 Å². The van der Waals surface area contributed by atoms with E-state index < -0.39 is 0 Å². The molecule has 0 unspecified atom stereocenters. The number of carbonyl (C=O) groups is 1. The molecule has 0 saturated heterocycles. The van der Waals surface area contributed by atoms with Gasteiger partial charge in [-0.05, 0) is 31.0 Å². The number of aromatic nitrogens is 2. The number of rotatable bonds is 8. The number of aryl methyl sites for hydroxylation is 1. The zero-order valence-corrected chi connectivity index (χ0v) is 14.9. The Kier molecular flexibility index (Phi) is 5.85. The Morgan fingerprint density at radius 1 is 1.23 bits per heavy atom. The fourth-order valence-corrected chi connectivity index (χ4v) is 2.53. The summed E-state index contributed by atoms with van der Waals surface area (Å²) in [4.78, 5) is 20.9. The van der Waals surface area contributed by atoms with Gasteiger partial charge in [-0.3, -0.25) is 4.79 Å². The van der Waals surface area contributed by atoms with Crippen molar-refractivity contribution in [1.29, 1.82) is 0 Å². The number of amides is 1. The molecule has 0 aliphatic carbocycles. The van der Waals surface area contributed by atoms with E-state index in [4.69, 9.17) is 14.2 Å². The number of nitrogens with one attached hydrogen (secondary N) is 2.